The van der Waals surface area contributed by atoms with Crippen molar-refractivity contribution in [2.75, 3.05) is 12.4 Å². The van der Waals surface area contributed by atoms with Crippen LogP contribution in [0.3, 0.4) is 0 Å². The third-order valence-electron chi connectivity index (χ3n) is 2.37. The van der Waals surface area contributed by atoms with Gasteiger partial charge in [-0.3, -0.25) is 0 Å². The number of rotatable bonds is 5. The quantitative estimate of drug-likeness (QED) is 0.914. The molecule has 0 amide bonds. The van der Waals surface area contributed by atoms with E-state index in [0.717, 1.165) is 10.9 Å². The Hall–Kier alpha value is -1.14. The van der Waals surface area contributed by atoms with E-state index in [1.807, 2.05) is 0 Å². The first-order valence-electron chi connectivity index (χ1n) is 5.54. The number of ether oxygens (including phenoxy) is 1. The molecule has 1 N–H and O–H groups in total. The zero-order valence-corrected chi connectivity index (χ0v) is 12.6. The normalized spacial score (nSPS) is 12.2. The number of anilines is 1. The lowest BCUT2D eigenvalue weighted by atomic mass is 10.2. The molecule has 0 radical (unpaired) electrons. The van der Waals surface area contributed by atoms with Crippen molar-refractivity contribution < 1.29 is 4.74 Å². The smallest absolute Gasteiger partial charge is 0.232 e. The number of aromatic nitrogens is 2. The van der Waals surface area contributed by atoms with Gasteiger partial charge < -0.3 is 10.1 Å². The van der Waals surface area contributed by atoms with Crippen molar-refractivity contribution in [3.8, 4) is 5.88 Å². The molecule has 4 nitrogen and oxygen atoms in total. The van der Waals surface area contributed by atoms with Gasteiger partial charge in [-0.25, -0.2) is 4.98 Å². The third kappa shape index (κ3) is 3.43. The lowest BCUT2D eigenvalue weighted by Gasteiger charge is -2.13. The predicted molar refractivity (Wildman–Crippen MR) is 77.4 cm³/mol. The minimum atomic E-state index is 0.273. The third-order valence-corrected chi connectivity index (χ3v) is 3.81. The Morgan fingerprint density at radius 1 is 1.56 bits per heavy atom. The Morgan fingerprint density at radius 3 is 3.06 bits per heavy atom. The summed E-state index contributed by atoms with van der Waals surface area (Å²) in [6.07, 6.45) is 2.64. The van der Waals surface area contributed by atoms with Crippen LogP contribution in [0.2, 0.25) is 0 Å². The number of nitrogens with one attached hydrogen (secondary N) is 1. The van der Waals surface area contributed by atoms with Crippen LogP contribution in [0.4, 0.5) is 5.95 Å². The van der Waals surface area contributed by atoms with Crippen LogP contribution in [0.1, 0.15) is 11.8 Å². The van der Waals surface area contributed by atoms with Crippen molar-refractivity contribution in [2.24, 2.45) is 0 Å². The molecule has 0 aliphatic carbocycles. The second-order valence-corrected chi connectivity index (χ2v) is 5.77. The fourth-order valence-corrected chi connectivity index (χ4v) is 2.75. The molecule has 2 aromatic heterocycles. The van der Waals surface area contributed by atoms with Crippen LogP contribution in [0.15, 0.2) is 28.2 Å². The van der Waals surface area contributed by atoms with Gasteiger partial charge >= 0.3 is 0 Å². The van der Waals surface area contributed by atoms with Crippen LogP contribution in [-0.4, -0.2) is 23.1 Å². The number of hydrogen-bond donors (Lipinski definition) is 1. The number of methoxy groups -OCH3 is 1. The van der Waals surface area contributed by atoms with Gasteiger partial charge in [0.25, 0.3) is 0 Å². The van der Waals surface area contributed by atoms with Crippen LogP contribution in [-0.2, 0) is 6.42 Å². The second kappa shape index (κ2) is 6.15. The molecule has 2 aromatic rings. The van der Waals surface area contributed by atoms with E-state index in [1.165, 1.54) is 4.88 Å². The first kappa shape index (κ1) is 13.3. The molecule has 0 saturated heterocycles. The van der Waals surface area contributed by atoms with E-state index < -0.39 is 0 Å². The van der Waals surface area contributed by atoms with Gasteiger partial charge in [0, 0.05) is 17.3 Å². The molecule has 0 aromatic carbocycles. The molecule has 6 heteroatoms. The molecule has 0 aliphatic heterocycles. The van der Waals surface area contributed by atoms with Crippen LogP contribution >= 0.6 is 27.3 Å². The Balaban J connectivity index is 2.00. The van der Waals surface area contributed by atoms with E-state index in [4.69, 9.17) is 4.74 Å². The van der Waals surface area contributed by atoms with Gasteiger partial charge in [-0.15, -0.1) is 11.3 Å². The highest BCUT2D eigenvalue weighted by atomic mass is 79.9. The highest BCUT2D eigenvalue weighted by Crippen LogP contribution is 2.22. The zero-order valence-electron chi connectivity index (χ0n) is 10.2. The monoisotopic (exact) mass is 327 g/mol. The van der Waals surface area contributed by atoms with Crippen molar-refractivity contribution >= 4 is 33.2 Å². The standard InChI is InChI=1S/C12H14BrN3OS/c1-8(6-9-4-3-5-18-9)15-12-14-7-10(13)11(16-12)17-2/h3-5,7-8H,6H2,1-2H3,(H,14,15,16). The number of thiophene rings is 1. The summed E-state index contributed by atoms with van der Waals surface area (Å²) in [6.45, 7) is 2.11. The summed E-state index contributed by atoms with van der Waals surface area (Å²) in [4.78, 5) is 9.83. The maximum Gasteiger partial charge on any atom is 0.232 e. The van der Waals surface area contributed by atoms with Gasteiger partial charge in [-0.2, -0.15) is 4.98 Å². The van der Waals surface area contributed by atoms with Gasteiger partial charge in [-0.1, -0.05) is 6.07 Å². The van der Waals surface area contributed by atoms with Crippen LogP contribution in [0.5, 0.6) is 5.88 Å². The van der Waals surface area contributed by atoms with Crippen LogP contribution in [0, 0.1) is 0 Å². The fourth-order valence-electron chi connectivity index (χ4n) is 1.57. The maximum absolute atomic E-state index is 5.14. The predicted octanol–water partition coefficient (Wildman–Crippen LogP) is 3.35. The average Bonchev–Trinajstić information content (AvgIpc) is 2.84. The Morgan fingerprint density at radius 2 is 2.39 bits per heavy atom. The molecule has 0 saturated carbocycles. The maximum atomic E-state index is 5.14. The largest absolute Gasteiger partial charge is 0.480 e. The lowest BCUT2D eigenvalue weighted by molar-refractivity contribution is 0.394. The van der Waals surface area contributed by atoms with Crippen LogP contribution < -0.4 is 10.1 Å². The van der Waals surface area contributed by atoms with Crippen molar-refractivity contribution in [1.82, 2.24) is 9.97 Å². The van der Waals surface area contributed by atoms with E-state index in [9.17, 15) is 0 Å². The number of halogens is 1. The first-order chi connectivity index (χ1) is 8.69. The summed E-state index contributed by atoms with van der Waals surface area (Å²) in [5, 5.41) is 5.35. The summed E-state index contributed by atoms with van der Waals surface area (Å²) in [7, 11) is 1.59. The summed E-state index contributed by atoms with van der Waals surface area (Å²) in [5.41, 5.74) is 0. The molecule has 18 heavy (non-hydrogen) atoms. The van der Waals surface area contributed by atoms with E-state index in [-0.39, 0.29) is 6.04 Å². The summed E-state index contributed by atoms with van der Waals surface area (Å²) < 4.78 is 5.89. The van der Waals surface area contributed by atoms with Gasteiger partial charge in [0.05, 0.1) is 17.8 Å². The Kier molecular flexibility index (Phi) is 4.54. The fraction of sp³-hybridized carbons (Fsp3) is 0.333. The summed E-state index contributed by atoms with van der Waals surface area (Å²) >= 11 is 5.09. The Bertz CT molecular complexity index is 504. The molecule has 96 valence electrons. The molecule has 0 aliphatic rings. The zero-order chi connectivity index (χ0) is 13.0. The molecule has 1 unspecified atom stereocenters. The highest BCUT2D eigenvalue weighted by molar-refractivity contribution is 9.10. The summed E-state index contributed by atoms with van der Waals surface area (Å²) in [6, 6.07) is 4.46. The van der Waals surface area contributed by atoms with Gasteiger partial charge in [0.15, 0.2) is 0 Å². The van der Waals surface area contributed by atoms with Crippen LogP contribution in [0.25, 0.3) is 0 Å². The molecule has 2 heterocycles. The van der Waals surface area contributed by atoms with Crippen molar-refractivity contribution in [3.05, 3.63) is 33.1 Å². The molecule has 0 fully saturated rings. The average molecular weight is 328 g/mol. The molecule has 1 atom stereocenters. The molecule has 0 spiro atoms. The summed E-state index contributed by atoms with van der Waals surface area (Å²) in [5.74, 6) is 1.12. The van der Waals surface area contributed by atoms with Crippen molar-refractivity contribution in [3.63, 3.8) is 0 Å². The number of nitrogens with zero attached hydrogens (tertiary/aromatic N) is 2. The number of hydrogen-bond acceptors (Lipinski definition) is 5. The minimum absolute atomic E-state index is 0.273. The van der Waals surface area contributed by atoms with E-state index in [0.29, 0.717) is 11.8 Å². The first-order valence-corrected chi connectivity index (χ1v) is 7.21. The Labute approximate surface area is 119 Å². The lowest BCUT2D eigenvalue weighted by Crippen LogP contribution is -2.19. The minimum Gasteiger partial charge on any atom is -0.480 e. The van der Waals surface area contributed by atoms with Gasteiger partial charge in [-0.05, 0) is 34.3 Å². The molecular weight excluding hydrogens is 314 g/mol. The van der Waals surface area contributed by atoms with Gasteiger partial charge in [0.2, 0.25) is 11.8 Å². The molecule has 0 bridgehead atoms. The van der Waals surface area contributed by atoms with E-state index in [1.54, 1.807) is 24.6 Å². The molecular formula is C12H14BrN3OS. The second-order valence-electron chi connectivity index (χ2n) is 3.88. The topological polar surface area (TPSA) is 47.0 Å². The SMILES string of the molecule is COc1nc(NC(C)Cc2cccs2)ncc1Br. The van der Waals surface area contributed by atoms with Crippen molar-refractivity contribution in [2.45, 2.75) is 19.4 Å². The van der Waals surface area contributed by atoms with E-state index >= 15 is 0 Å². The van der Waals surface area contributed by atoms with Crippen molar-refractivity contribution in [1.29, 1.82) is 0 Å². The van der Waals surface area contributed by atoms with E-state index in [2.05, 4.69) is 55.7 Å². The highest BCUT2D eigenvalue weighted by Gasteiger charge is 2.09. The van der Waals surface area contributed by atoms with Gasteiger partial charge in [0.1, 0.15) is 0 Å². The molecule has 2 rings (SSSR count).